The van der Waals surface area contributed by atoms with E-state index in [-0.39, 0.29) is 5.75 Å². The predicted molar refractivity (Wildman–Crippen MR) is 87.0 cm³/mol. The molecule has 0 spiro atoms. The van der Waals surface area contributed by atoms with Gasteiger partial charge in [0.05, 0.1) is 0 Å². The number of aromatic hydroxyl groups is 1. The molecule has 0 radical (unpaired) electrons. The van der Waals surface area contributed by atoms with Crippen LogP contribution in [-0.4, -0.2) is 5.11 Å². The van der Waals surface area contributed by atoms with Crippen LogP contribution >= 0.6 is 0 Å². The summed E-state index contributed by atoms with van der Waals surface area (Å²) in [5, 5.41) is 9.82. The summed E-state index contributed by atoms with van der Waals surface area (Å²) in [7, 11) is 0. The quantitative estimate of drug-likeness (QED) is 0.836. The maximum atomic E-state index is 9.82. The molecule has 2 rings (SSSR count). The Morgan fingerprint density at radius 2 is 1.52 bits per heavy atom. The van der Waals surface area contributed by atoms with Crippen molar-refractivity contribution in [2.45, 2.75) is 46.6 Å². The molecule has 0 aliphatic rings. The van der Waals surface area contributed by atoms with Gasteiger partial charge in [-0.05, 0) is 48.1 Å². The molecule has 1 N–H and O–H groups in total. The van der Waals surface area contributed by atoms with E-state index >= 15 is 0 Å². The first kappa shape index (κ1) is 15.4. The molecule has 2 aromatic carbocycles. The Labute approximate surface area is 127 Å². The summed E-state index contributed by atoms with van der Waals surface area (Å²) in [5.41, 5.74) is 4.93. The van der Waals surface area contributed by atoms with Crippen LogP contribution in [0.15, 0.2) is 36.4 Å². The fourth-order valence-corrected chi connectivity index (χ4v) is 2.80. The minimum Gasteiger partial charge on any atom is -0.508 e. The lowest BCUT2D eigenvalue weighted by molar-refractivity contribution is 0.296. The fourth-order valence-electron chi connectivity index (χ4n) is 2.80. The lowest BCUT2D eigenvalue weighted by Crippen LogP contribution is -2.04. The molecule has 0 aliphatic heterocycles. The zero-order chi connectivity index (χ0) is 15.2. The van der Waals surface area contributed by atoms with E-state index in [0.29, 0.717) is 6.61 Å². The van der Waals surface area contributed by atoms with Crippen LogP contribution < -0.4 is 4.74 Å². The van der Waals surface area contributed by atoms with Gasteiger partial charge in [0.2, 0.25) is 0 Å². The standard InChI is InChI=1S/C19H24O2/c1-4-14-11-12-19(17(6-3)16(14)5-2)21-13-15-9-7-8-10-18(15)20/h7-12,20H,4-6,13H2,1-3H3. The minimum atomic E-state index is 0.288. The van der Waals surface area contributed by atoms with Gasteiger partial charge >= 0.3 is 0 Å². The largest absolute Gasteiger partial charge is 0.508 e. The van der Waals surface area contributed by atoms with E-state index in [9.17, 15) is 5.11 Å². The molecule has 0 amide bonds. The van der Waals surface area contributed by atoms with Gasteiger partial charge < -0.3 is 9.84 Å². The van der Waals surface area contributed by atoms with Crippen LogP contribution in [0.25, 0.3) is 0 Å². The average Bonchev–Trinajstić information content (AvgIpc) is 2.52. The lowest BCUT2D eigenvalue weighted by atomic mass is 9.95. The van der Waals surface area contributed by atoms with Crippen molar-refractivity contribution in [2.75, 3.05) is 0 Å². The zero-order valence-corrected chi connectivity index (χ0v) is 13.1. The van der Waals surface area contributed by atoms with Gasteiger partial charge in [-0.2, -0.15) is 0 Å². The van der Waals surface area contributed by atoms with Crippen molar-refractivity contribution in [1.29, 1.82) is 0 Å². The van der Waals surface area contributed by atoms with Crippen LogP contribution in [-0.2, 0) is 25.9 Å². The number of benzene rings is 2. The van der Waals surface area contributed by atoms with E-state index in [0.717, 1.165) is 30.6 Å². The van der Waals surface area contributed by atoms with Crippen molar-refractivity contribution in [3.05, 3.63) is 58.7 Å². The SMILES string of the molecule is CCc1ccc(OCc2ccccc2O)c(CC)c1CC. The molecule has 2 aromatic rings. The van der Waals surface area contributed by atoms with E-state index in [2.05, 4.69) is 32.9 Å². The molecule has 0 bridgehead atoms. The summed E-state index contributed by atoms with van der Waals surface area (Å²) in [6, 6.07) is 11.5. The highest BCUT2D eigenvalue weighted by Gasteiger charge is 2.11. The molecule has 0 fully saturated rings. The molecule has 0 unspecified atom stereocenters. The van der Waals surface area contributed by atoms with E-state index in [1.807, 2.05) is 18.2 Å². The van der Waals surface area contributed by atoms with Crippen molar-refractivity contribution in [3.63, 3.8) is 0 Å². The number of aryl methyl sites for hydroxylation is 1. The van der Waals surface area contributed by atoms with Gasteiger partial charge in [0.15, 0.2) is 0 Å². The summed E-state index contributed by atoms with van der Waals surface area (Å²) in [6.07, 6.45) is 3.04. The number of para-hydroxylation sites is 1. The van der Waals surface area contributed by atoms with Crippen molar-refractivity contribution < 1.29 is 9.84 Å². The Morgan fingerprint density at radius 1 is 0.810 bits per heavy atom. The van der Waals surface area contributed by atoms with Gasteiger partial charge in [0, 0.05) is 5.56 Å². The molecule has 0 heterocycles. The van der Waals surface area contributed by atoms with Crippen molar-refractivity contribution in [2.24, 2.45) is 0 Å². The molecule has 112 valence electrons. The highest BCUT2D eigenvalue weighted by molar-refractivity contribution is 5.45. The first-order valence-corrected chi connectivity index (χ1v) is 7.74. The normalized spacial score (nSPS) is 10.6. The fraction of sp³-hybridized carbons (Fsp3) is 0.368. The van der Waals surface area contributed by atoms with Crippen LogP contribution in [0.4, 0.5) is 0 Å². The second kappa shape index (κ2) is 7.16. The van der Waals surface area contributed by atoms with E-state index in [1.54, 1.807) is 6.07 Å². The summed E-state index contributed by atoms with van der Waals surface area (Å²) in [6.45, 7) is 6.95. The summed E-state index contributed by atoms with van der Waals surface area (Å²) >= 11 is 0. The van der Waals surface area contributed by atoms with Crippen LogP contribution in [0.3, 0.4) is 0 Å². The number of phenolic OH excluding ortho intramolecular Hbond substituents is 1. The van der Waals surface area contributed by atoms with E-state index < -0.39 is 0 Å². The number of rotatable bonds is 6. The highest BCUT2D eigenvalue weighted by Crippen LogP contribution is 2.29. The Kier molecular flexibility index (Phi) is 5.26. The van der Waals surface area contributed by atoms with Crippen molar-refractivity contribution >= 4 is 0 Å². The maximum Gasteiger partial charge on any atom is 0.123 e. The van der Waals surface area contributed by atoms with Crippen molar-refractivity contribution in [1.82, 2.24) is 0 Å². The summed E-state index contributed by atoms with van der Waals surface area (Å²) < 4.78 is 5.98. The number of hydrogen-bond donors (Lipinski definition) is 1. The molecule has 2 nitrogen and oxygen atoms in total. The smallest absolute Gasteiger partial charge is 0.123 e. The number of phenols is 1. The summed E-state index contributed by atoms with van der Waals surface area (Å²) in [5.74, 6) is 1.23. The summed E-state index contributed by atoms with van der Waals surface area (Å²) in [4.78, 5) is 0. The number of ether oxygens (including phenoxy) is 1. The molecule has 0 saturated heterocycles. The van der Waals surface area contributed by atoms with Gasteiger partial charge in [-0.15, -0.1) is 0 Å². The van der Waals surface area contributed by atoms with Crippen molar-refractivity contribution in [3.8, 4) is 11.5 Å². The number of hydrogen-bond acceptors (Lipinski definition) is 2. The van der Waals surface area contributed by atoms with Crippen LogP contribution in [0.1, 0.15) is 43.0 Å². The minimum absolute atomic E-state index is 0.288. The Hall–Kier alpha value is -1.96. The first-order valence-electron chi connectivity index (χ1n) is 7.74. The second-order valence-electron chi connectivity index (χ2n) is 5.16. The Bertz CT molecular complexity index is 603. The van der Waals surface area contributed by atoms with Crippen LogP contribution in [0, 0.1) is 0 Å². The maximum absolute atomic E-state index is 9.82. The van der Waals surface area contributed by atoms with Gasteiger partial charge in [0.25, 0.3) is 0 Å². The lowest BCUT2D eigenvalue weighted by Gasteiger charge is -2.17. The van der Waals surface area contributed by atoms with Crippen LogP contribution in [0.5, 0.6) is 11.5 Å². The highest BCUT2D eigenvalue weighted by atomic mass is 16.5. The zero-order valence-electron chi connectivity index (χ0n) is 13.1. The molecule has 0 saturated carbocycles. The van der Waals surface area contributed by atoms with Crippen LogP contribution in [0.2, 0.25) is 0 Å². The molecule has 0 aliphatic carbocycles. The molecule has 21 heavy (non-hydrogen) atoms. The molecule has 2 heteroatoms. The topological polar surface area (TPSA) is 29.5 Å². The molecule has 0 aromatic heterocycles. The Balaban J connectivity index is 2.26. The van der Waals surface area contributed by atoms with E-state index in [4.69, 9.17) is 4.74 Å². The third-order valence-corrected chi connectivity index (χ3v) is 3.95. The molecular formula is C19H24O2. The van der Waals surface area contributed by atoms with Gasteiger partial charge in [-0.1, -0.05) is 45.0 Å². The molecular weight excluding hydrogens is 260 g/mol. The third-order valence-electron chi connectivity index (χ3n) is 3.95. The second-order valence-corrected chi connectivity index (χ2v) is 5.16. The monoisotopic (exact) mass is 284 g/mol. The Morgan fingerprint density at radius 3 is 2.14 bits per heavy atom. The van der Waals surface area contributed by atoms with E-state index in [1.165, 1.54) is 16.7 Å². The third kappa shape index (κ3) is 3.38. The van der Waals surface area contributed by atoms with Gasteiger partial charge in [-0.25, -0.2) is 0 Å². The van der Waals surface area contributed by atoms with Gasteiger partial charge in [-0.3, -0.25) is 0 Å². The predicted octanol–water partition coefficient (Wildman–Crippen LogP) is 4.66. The first-order chi connectivity index (χ1) is 10.2. The average molecular weight is 284 g/mol. The van der Waals surface area contributed by atoms with Gasteiger partial charge in [0.1, 0.15) is 18.1 Å². The molecule has 0 atom stereocenters.